The first kappa shape index (κ1) is 34.9. The van der Waals surface area contributed by atoms with Crippen LogP contribution in [0.25, 0.3) is 22.4 Å². The zero-order valence-corrected chi connectivity index (χ0v) is 28.2. The van der Waals surface area contributed by atoms with E-state index in [1.807, 2.05) is 78.9 Å². The summed E-state index contributed by atoms with van der Waals surface area (Å²) in [6.07, 6.45) is 4.90. The number of carbonyl (C=O) groups excluding carboxylic acids is 2. The smallest absolute Gasteiger partial charge is 0.338 e. The van der Waals surface area contributed by atoms with E-state index in [2.05, 4.69) is 30.3 Å². The fourth-order valence-corrected chi connectivity index (χ4v) is 5.82. The molecule has 1 atom stereocenters. The lowest BCUT2D eigenvalue weighted by molar-refractivity contribution is -0.145. The molecular weight excluding hydrogens is 614 g/mol. The first-order valence-corrected chi connectivity index (χ1v) is 16.8. The highest BCUT2D eigenvalue weighted by Crippen LogP contribution is 2.29. The Hall–Kier alpha value is -5.43. The summed E-state index contributed by atoms with van der Waals surface area (Å²) in [7, 11) is 2.80. The van der Waals surface area contributed by atoms with E-state index >= 15 is 0 Å². The SMILES string of the molecule is COC(=O)c1ccccc1COc1ccccc1CC(CCCCCCOc1cc(-c2ccccc2)cc(-c2ccccc2)n1)C(=O)OC. The number of hydrogen-bond donors (Lipinski definition) is 0. The normalized spacial score (nSPS) is 11.4. The maximum Gasteiger partial charge on any atom is 0.338 e. The van der Waals surface area contributed by atoms with Gasteiger partial charge in [0.2, 0.25) is 5.88 Å². The van der Waals surface area contributed by atoms with Gasteiger partial charge in [0.25, 0.3) is 0 Å². The van der Waals surface area contributed by atoms with Crippen molar-refractivity contribution in [1.29, 1.82) is 0 Å². The number of benzene rings is 4. The largest absolute Gasteiger partial charge is 0.489 e. The van der Waals surface area contributed by atoms with Gasteiger partial charge in [-0.25, -0.2) is 9.78 Å². The summed E-state index contributed by atoms with van der Waals surface area (Å²) < 4.78 is 22.4. The predicted octanol–water partition coefficient (Wildman–Crippen LogP) is 9.14. The summed E-state index contributed by atoms with van der Waals surface area (Å²) in [5, 5.41) is 0. The molecule has 0 aliphatic carbocycles. The van der Waals surface area contributed by atoms with Gasteiger partial charge in [0.05, 0.1) is 38.0 Å². The third-order valence-electron chi connectivity index (χ3n) is 8.45. The number of carbonyl (C=O) groups is 2. The second-order valence-corrected chi connectivity index (χ2v) is 11.8. The van der Waals surface area contributed by atoms with Gasteiger partial charge in [-0.05, 0) is 54.2 Å². The quantitative estimate of drug-likeness (QED) is 0.0728. The zero-order chi connectivity index (χ0) is 34.3. The molecule has 0 N–H and O–H groups in total. The monoisotopic (exact) mass is 657 g/mol. The molecule has 0 radical (unpaired) electrons. The third kappa shape index (κ3) is 10.0. The Morgan fingerprint density at radius 3 is 2.02 bits per heavy atom. The first-order chi connectivity index (χ1) is 24.1. The van der Waals surface area contributed by atoms with Crippen LogP contribution in [0.5, 0.6) is 11.6 Å². The third-order valence-corrected chi connectivity index (χ3v) is 8.45. The molecule has 0 saturated carbocycles. The van der Waals surface area contributed by atoms with Crippen LogP contribution in [0.3, 0.4) is 0 Å². The van der Waals surface area contributed by atoms with Crippen molar-refractivity contribution in [2.45, 2.75) is 45.1 Å². The van der Waals surface area contributed by atoms with Crippen LogP contribution >= 0.6 is 0 Å². The Morgan fingerprint density at radius 1 is 0.633 bits per heavy atom. The second kappa shape index (κ2) is 18.2. The van der Waals surface area contributed by atoms with E-state index in [0.717, 1.165) is 59.2 Å². The summed E-state index contributed by atoms with van der Waals surface area (Å²) >= 11 is 0. The van der Waals surface area contributed by atoms with Crippen molar-refractivity contribution in [3.05, 3.63) is 138 Å². The number of hydrogen-bond acceptors (Lipinski definition) is 7. The van der Waals surface area contributed by atoms with E-state index < -0.39 is 5.97 Å². The van der Waals surface area contributed by atoms with E-state index in [0.29, 0.717) is 36.6 Å². The molecule has 0 fully saturated rings. The minimum atomic E-state index is -0.407. The van der Waals surface area contributed by atoms with Crippen molar-refractivity contribution in [3.8, 4) is 34.0 Å². The summed E-state index contributed by atoms with van der Waals surface area (Å²) in [6, 6.07) is 39.4. The topological polar surface area (TPSA) is 84.0 Å². The average molecular weight is 658 g/mol. The Balaban J connectivity index is 1.13. The second-order valence-electron chi connectivity index (χ2n) is 11.8. The van der Waals surface area contributed by atoms with Crippen LogP contribution in [-0.4, -0.2) is 37.7 Å². The molecule has 1 heterocycles. The number of aromatic nitrogens is 1. The van der Waals surface area contributed by atoms with E-state index in [1.54, 1.807) is 12.1 Å². The Labute approximate surface area is 288 Å². The van der Waals surface area contributed by atoms with Crippen LogP contribution in [0.1, 0.15) is 53.6 Å². The standard InChI is InChI=1S/C42H43NO6/c1-46-41(44)34(27-33-21-13-15-25-39(33)49-30-35-23-12-14-24-37(35)42(45)47-2)22-7-3-4-16-26-48-40-29-36(31-17-8-5-9-18-31)28-38(43-40)32-19-10-6-11-20-32/h5-6,8-15,17-21,23-25,28-29,34H,3-4,7,16,22,26-27,30H2,1-2H3. The van der Waals surface area contributed by atoms with Crippen molar-refractivity contribution >= 4 is 11.9 Å². The molecule has 7 nitrogen and oxygen atoms in total. The van der Waals surface area contributed by atoms with Crippen molar-refractivity contribution in [1.82, 2.24) is 4.98 Å². The molecule has 1 aromatic heterocycles. The predicted molar refractivity (Wildman–Crippen MR) is 191 cm³/mol. The van der Waals surface area contributed by atoms with Gasteiger partial charge in [-0.15, -0.1) is 0 Å². The van der Waals surface area contributed by atoms with Crippen molar-refractivity contribution in [3.63, 3.8) is 0 Å². The van der Waals surface area contributed by atoms with Gasteiger partial charge >= 0.3 is 11.9 Å². The highest BCUT2D eigenvalue weighted by Gasteiger charge is 2.21. The van der Waals surface area contributed by atoms with Gasteiger partial charge in [0.1, 0.15) is 12.4 Å². The lowest BCUT2D eigenvalue weighted by Crippen LogP contribution is -2.19. The summed E-state index contributed by atoms with van der Waals surface area (Å²) in [5.41, 5.74) is 6.22. The zero-order valence-electron chi connectivity index (χ0n) is 28.2. The van der Waals surface area contributed by atoms with Gasteiger partial charge in [-0.1, -0.05) is 116 Å². The van der Waals surface area contributed by atoms with Crippen LogP contribution in [0.2, 0.25) is 0 Å². The van der Waals surface area contributed by atoms with Gasteiger partial charge < -0.3 is 18.9 Å². The lowest BCUT2D eigenvalue weighted by Gasteiger charge is -2.18. The number of methoxy groups -OCH3 is 2. The van der Waals surface area contributed by atoms with Crippen molar-refractivity contribution in [2.24, 2.45) is 5.92 Å². The van der Waals surface area contributed by atoms with Gasteiger partial charge in [0.15, 0.2) is 0 Å². The molecule has 5 aromatic rings. The Bertz CT molecular complexity index is 1730. The fourth-order valence-electron chi connectivity index (χ4n) is 5.82. The van der Waals surface area contributed by atoms with Gasteiger partial charge in [-0.2, -0.15) is 0 Å². The molecule has 0 saturated heterocycles. The first-order valence-electron chi connectivity index (χ1n) is 16.8. The molecule has 252 valence electrons. The summed E-state index contributed by atoms with van der Waals surface area (Å²) in [4.78, 5) is 29.8. The minimum absolute atomic E-state index is 0.201. The van der Waals surface area contributed by atoms with E-state index in [1.165, 1.54) is 14.2 Å². The molecular formula is C42H43NO6. The molecule has 5 rings (SSSR count). The molecule has 0 spiro atoms. The highest BCUT2D eigenvalue weighted by molar-refractivity contribution is 5.90. The van der Waals surface area contributed by atoms with Crippen LogP contribution < -0.4 is 9.47 Å². The molecule has 0 aliphatic rings. The maximum atomic E-state index is 12.8. The van der Waals surface area contributed by atoms with E-state index in [9.17, 15) is 9.59 Å². The fraction of sp³-hybridized carbons (Fsp3) is 0.262. The summed E-state index contributed by atoms with van der Waals surface area (Å²) in [5.74, 6) is 0.354. The van der Waals surface area contributed by atoms with E-state index in [-0.39, 0.29) is 18.5 Å². The van der Waals surface area contributed by atoms with Crippen molar-refractivity contribution < 1.29 is 28.5 Å². The van der Waals surface area contributed by atoms with Crippen LogP contribution in [0.15, 0.2) is 121 Å². The number of rotatable bonds is 17. The van der Waals surface area contributed by atoms with Crippen LogP contribution in [0.4, 0.5) is 0 Å². The number of pyridine rings is 1. The van der Waals surface area contributed by atoms with Gasteiger partial charge in [0, 0.05) is 17.2 Å². The van der Waals surface area contributed by atoms with E-state index in [4.69, 9.17) is 23.9 Å². The number of nitrogens with zero attached hydrogens (tertiary/aromatic N) is 1. The van der Waals surface area contributed by atoms with Crippen LogP contribution in [-0.2, 0) is 27.3 Å². The molecule has 4 aromatic carbocycles. The van der Waals surface area contributed by atoms with Gasteiger partial charge in [-0.3, -0.25) is 4.79 Å². The molecule has 1 unspecified atom stereocenters. The summed E-state index contributed by atoms with van der Waals surface area (Å²) in [6.45, 7) is 0.761. The molecule has 7 heteroatoms. The molecule has 0 aliphatic heterocycles. The number of esters is 2. The van der Waals surface area contributed by atoms with Crippen molar-refractivity contribution in [2.75, 3.05) is 20.8 Å². The number of para-hydroxylation sites is 1. The Kier molecular flexibility index (Phi) is 13.0. The highest BCUT2D eigenvalue weighted by atomic mass is 16.5. The molecule has 49 heavy (non-hydrogen) atoms. The van der Waals surface area contributed by atoms with Crippen LogP contribution in [0, 0.1) is 5.92 Å². The molecule has 0 amide bonds. The lowest BCUT2D eigenvalue weighted by atomic mass is 9.93. The minimum Gasteiger partial charge on any atom is -0.489 e. The number of unbranched alkanes of at least 4 members (excludes halogenated alkanes) is 3. The Morgan fingerprint density at radius 2 is 1.29 bits per heavy atom. The average Bonchev–Trinajstić information content (AvgIpc) is 3.16. The molecule has 0 bridgehead atoms. The maximum absolute atomic E-state index is 12.8. The number of ether oxygens (including phenoxy) is 4.